The molecule has 1 aromatic heterocycles. The Labute approximate surface area is 226 Å². The molecule has 1 aliphatic rings. The van der Waals surface area contributed by atoms with Crippen molar-refractivity contribution in [3.63, 3.8) is 0 Å². The van der Waals surface area contributed by atoms with E-state index >= 15 is 0 Å². The zero-order valence-electron chi connectivity index (χ0n) is 21.5. The average Bonchev–Trinajstić information content (AvgIpc) is 3.38. The van der Waals surface area contributed by atoms with E-state index in [1.165, 1.54) is 16.9 Å². The minimum Gasteiger partial charge on any atom is -0.486 e. The molecule has 0 unspecified atom stereocenters. The van der Waals surface area contributed by atoms with E-state index in [4.69, 9.17) is 4.74 Å². The van der Waals surface area contributed by atoms with Gasteiger partial charge in [0.25, 0.3) is 5.91 Å². The van der Waals surface area contributed by atoms with Crippen LogP contribution in [0.3, 0.4) is 0 Å². The smallest absolute Gasteiger partial charge is 0.319 e. The summed E-state index contributed by atoms with van der Waals surface area (Å²) in [6.07, 6.45) is 5.66. The van der Waals surface area contributed by atoms with Crippen molar-refractivity contribution in [3.05, 3.63) is 70.2 Å². The molecule has 1 aliphatic carbocycles. The molecule has 2 atom stereocenters. The van der Waals surface area contributed by atoms with E-state index in [1.54, 1.807) is 17.1 Å². The fourth-order valence-corrected chi connectivity index (χ4v) is 5.40. The summed E-state index contributed by atoms with van der Waals surface area (Å²) in [5.74, 6) is 1.02. The van der Waals surface area contributed by atoms with E-state index in [1.807, 2.05) is 42.7 Å². The second-order valence-electron chi connectivity index (χ2n) is 9.44. The summed E-state index contributed by atoms with van der Waals surface area (Å²) < 4.78 is 5.85. The topological polar surface area (TPSA) is 92.4 Å². The minimum atomic E-state index is -0.266. The molecule has 9 heteroatoms. The SMILES string of the molecule is CSc1ccc(NC(=O)N[C@H]2CCCC[C@@H]2NC(=O)c2csc(COc3ccc(C(C)C)cc3)n2)cc1. The Balaban J connectivity index is 1.29. The van der Waals surface area contributed by atoms with Crippen molar-refractivity contribution in [3.8, 4) is 5.75 Å². The number of carbonyl (C=O) groups excluding carboxylic acids is 2. The summed E-state index contributed by atoms with van der Waals surface area (Å²) in [4.78, 5) is 31.2. The molecule has 0 bridgehead atoms. The van der Waals surface area contributed by atoms with Gasteiger partial charge in [-0.25, -0.2) is 9.78 Å². The molecule has 0 radical (unpaired) electrons. The molecule has 3 N–H and O–H groups in total. The summed E-state index contributed by atoms with van der Waals surface area (Å²) in [6.45, 7) is 4.62. The van der Waals surface area contributed by atoms with Gasteiger partial charge in [0.1, 0.15) is 23.1 Å². The molecule has 0 aliphatic heterocycles. The van der Waals surface area contributed by atoms with Gasteiger partial charge >= 0.3 is 6.03 Å². The van der Waals surface area contributed by atoms with Crippen LogP contribution in [0, 0.1) is 0 Å². The monoisotopic (exact) mass is 538 g/mol. The summed E-state index contributed by atoms with van der Waals surface area (Å²) in [6, 6.07) is 15.2. The van der Waals surface area contributed by atoms with Gasteiger partial charge in [-0.1, -0.05) is 38.8 Å². The van der Waals surface area contributed by atoms with Crippen LogP contribution in [0.25, 0.3) is 0 Å². The minimum absolute atomic E-state index is 0.140. The number of nitrogens with one attached hydrogen (secondary N) is 3. The summed E-state index contributed by atoms with van der Waals surface area (Å²) in [5.41, 5.74) is 2.37. The number of benzene rings is 2. The van der Waals surface area contributed by atoms with E-state index in [-0.39, 0.29) is 24.0 Å². The lowest BCUT2D eigenvalue weighted by Gasteiger charge is -2.32. The molecule has 2 aromatic carbocycles. The third-order valence-electron chi connectivity index (χ3n) is 6.44. The predicted octanol–water partition coefficient (Wildman–Crippen LogP) is 6.43. The number of anilines is 1. The van der Waals surface area contributed by atoms with Gasteiger partial charge in [-0.05, 0) is 67.0 Å². The fourth-order valence-electron chi connectivity index (χ4n) is 4.30. The molecular formula is C28H34N4O3S2. The van der Waals surface area contributed by atoms with Crippen LogP contribution in [-0.2, 0) is 6.61 Å². The van der Waals surface area contributed by atoms with Crippen molar-refractivity contribution in [2.45, 2.75) is 69.0 Å². The molecule has 3 aromatic rings. The Morgan fingerprint density at radius 1 is 1.03 bits per heavy atom. The van der Waals surface area contributed by atoms with Crippen molar-refractivity contribution in [1.82, 2.24) is 15.6 Å². The van der Waals surface area contributed by atoms with Gasteiger partial charge in [-0.15, -0.1) is 23.1 Å². The van der Waals surface area contributed by atoms with E-state index in [9.17, 15) is 9.59 Å². The zero-order chi connectivity index (χ0) is 26.2. The Bertz CT molecular complexity index is 1180. The quantitative estimate of drug-likeness (QED) is 0.273. The highest BCUT2D eigenvalue weighted by Gasteiger charge is 2.28. The van der Waals surface area contributed by atoms with E-state index < -0.39 is 0 Å². The van der Waals surface area contributed by atoms with Crippen LogP contribution in [0.1, 0.15) is 66.5 Å². The molecule has 3 amide bonds. The Kier molecular flexibility index (Phi) is 9.46. The molecule has 196 valence electrons. The highest BCUT2D eigenvalue weighted by atomic mass is 32.2. The van der Waals surface area contributed by atoms with Gasteiger partial charge in [-0.2, -0.15) is 0 Å². The number of amides is 3. The van der Waals surface area contributed by atoms with Crippen LogP contribution in [-0.4, -0.2) is 35.3 Å². The lowest BCUT2D eigenvalue weighted by Crippen LogP contribution is -2.54. The predicted molar refractivity (Wildman–Crippen MR) is 151 cm³/mol. The van der Waals surface area contributed by atoms with Crippen molar-refractivity contribution >= 4 is 40.7 Å². The molecule has 1 saturated carbocycles. The number of ether oxygens (including phenoxy) is 1. The number of thioether (sulfide) groups is 1. The largest absolute Gasteiger partial charge is 0.486 e. The van der Waals surface area contributed by atoms with E-state index in [2.05, 4.69) is 46.9 Å². The first-order valence-electron chi connectivity index (χ1n) is 12.6. The second-order valence-corrected chi connectivity index (χ2v) is 11.3. The van der Waals surface area contributed by atoms with Gasteiger partial charge in [0.05, 0.1) is 6.04 Å². The van der Waals surface area contributed by atoms with Gasteiger partial charge in [0.15, 0.2) is 0 Å². The molecule has 4 rings (SSSR count). The standard InChI is InChI=1S/C28H34N4O3S2/c1-18(2)19-8-12-21(13-9-19)35-16-26-30-25(17-37-26)27(33)31-23-6-4-5-7-24(23)32-28(34)29-20-10-14-22(36-3)15-11-20/h8-15,17-18,23-24H,4-7,16H2,1-3H3,(H,31,33)(H2,29,32,34)/t23-,24-/m0/s1. The van der Waals surface area contributed by atoms with Crippen LogP contribution in [0.2, 0.25) is 0 Å². The maximum Gasteiger partial charge on any atom is 0.319 e. The van der Waals surface area contributed by atoms with Crippen LogP contribution >= 0.6 is 23.1 Å². The van der Waals surface area contributed by atoms with Gasteiger partial charge in [0, 0.05) is 22.0 Å². The maximum absolute atomic E-state index is 12.9. The molecule has 1 heterocycles. The first-order chi connectivity index (χ1) is 17.9. The fraction of sp³-hybridized carbons (Fsp3) is 0.393. The Morgan fingerprint density at radius 3 is 2.35 bits per heavy atom. The maximum atomic E-state index is 12.9. The van der Waals surface area contributed by atoms with Crippen molar-refractivity contribution in [1.29, 1.82) is 0 Å². The average molecular weight is 539 g/mol. The molecule has 1 fully saturated rings. The highest BCUT2D eigenvalue weighted by molar-refractivity contribution is 7.98. The number of aromatic nitrogens is 1. The third kappa shape index (κ3) is 7.72. The van der Waals surface area contributed by atoms with Gasteiger partial charge in [-0.3, -0.25) is 4.79 Å². The van der Waals surface area contributed by atoms with Crippen LogP contribution < -0.4 is 20.7 Å². The zero-order valence-corrected chi connectivity index (χ0v) is 23.1. The van der Waals surface area contributed by atoms with Crippen LogP contribution in [0.15, 0.2) is 58.8 Å². The summed E-state index contributed by atoms with van der Waals surface area (Å²) in [7, 11) is 0. The first kappa shape index (κ1) is 27.0. The third-order valence-corrected chi connectivity index (χ3v) is 8.01. The van der Waals surface area contributed by atoms with Crippen molar-refractivity contribution in [2.75, 3.05) is 11.6 Å². The molecule has 0 saturated heterocycles. The van der Waals surface area contributed by atoms with Gasteiger partial charge < -0.3 is 20.7 Å². The van der Waals surface area contributed by atoms with Crippen LogP contribution in [0.4, 0.5) is 10.5 Å². The summed E-state index contributed by atoms with van der Waals surface area (Å²) in [5, 5.41) is 11.5. The van der Waals surface area contributed by atoms with Crippen LogP contribution in [0.5, 0.6) is 5.75 Å². The number of urea groups is 1. The lowest BCUT2D eigenvalue weighted by molar-refractivity contribution is 0.0911. The molecular weight excluding hydrogens is 504 g/mol. The second kappa shape index (κ2) is 13.0. The molecule has 37 heavy (non-hydrogen) atoms. The van der Waals surface area contributed by atoms with Crippen molar-refractivity contribution in [2.24, 2.45) is 0 Å². The highest BCUT2D eigenvalue weighted by Crippen LogP contribution is 2.22. The van der Waals surface area contributed by atoms with E-state index in [0.29, 0.717) is 18.2 Å². The summed E-state index contributed by atoms with van der Waals surface area (Å²) >= 11 is 3.06. The molecule has 7 nitrogen and oxygen atoms in total. The first-order valence-corrected chi connectivity index (χ1v) is 14.7. The normalized spacial score (nSPS) is 17.3. The number of nitrogens with zero attached hydrogens (tertiary/aromatic N) is 1. The number of thiazole rings is 1. The van der Waals surface area contributed by atoms with Gasteiger partial charge in [0.2, 0.25) is 0 Å². The number of hydrogen-bond donors (Lipinski definition) is 3. The molecule has 0 spiro atoms. The Hall–Kier alpha value is -3.04. The van der Waals surface area contributed by atoms with Crippen molar-refractivity contribution < 1.29 is 14.3 Å². The Morgan fingerprint density at radius 2 is 1.70 bits per heavy atom. The number of hydrogen-bond acceptors (Lipinski definition) is 6. The lowest BCUT2D eigenvalue weighted by atomic mass is 9.90. The van der Waals surface area contributed by atoms with E-state index in [0.717, 1.165) is 47.0 Å². The number of rotatable bonds is 9. The number of carbonyl (C=O) groups is 2.